The molecule has 0 heterocycles. The zero-order chi connectivity index (χ0) is 16.3. The molecule has 0 aromatic carbocycles. The van der Waals surface area contributed by atoms with Crippen LogP contribution in [0.1, 0.15) is 53.4 Å². The van der Waals surface area contributed by atoms with Gasteiger partial charge in [0.15, 0.2) is 0 Å². The van der Waals surface area contributed by atoms with Gasteiger partial charge in [0, 0.05) is 0 Å². The first-order valence-electron chi connectivity index (χ1n) is 7.51. The van der Waals surface area contributed by atoms with E-state index in [1.165, 1.54) is 0 Å². The van der Waals surface area contributed by atoms with E-state index in [1.807, 2.05) is 20.8 Å². The third-order valence-electron chi connectivity index (χ3n) is 2.61. The van der Waals surface area contributed by atoms with Gasteiger partial charge in [-0.25, -0.2) is 9.59 Å². The van der Waals surface area contributed by atoms with Gasteiger partial charge in [-0.2, -0.15) is 0 Å². The molecule has 0 rings (SSSR count). The summed E-state index contributed by atoms with van der Waals surface area (Å²) in [6, 6.07) is -0.739. The van der Waals surface area contributed by atoms with Crippen LogP contribution in [0.25, 0.3) is 0 Å². The summed E-state index contributed by atoms with van der Waals surface area (Å²) in [6.07, 6.45) is 4.18. The van der Waals surface area contributed by atoms with Gasteiger partial charge in [-0.1, -0.05) is 46.6 Å². The molecule has 1 N–H and O–H groups in total. The SMILES string of the molecule is C=CCC(NC(=O)OCC(C)(C)C)C(=O)OCCCCC. The van der Waals surface area contributed by atoms with Crippen molar-refractivity contribution in [1.82, 2.24) is 5.32 Å². The molecular formula is C16H29NO4. The molecule has 5 nitrogen and oxygen atoms in total. The molecule has 0 spiro atoms. The fraction of sp³-hybridized carbons (Fsp3) is 0.750. The van der Waals surface area contributed by atoms with E-state index in [0.29, 0.717) is 13.0 Å². The zero-order valence-electron chi connectivity index (χ0n) is 13.7. The summed E-state index contributed by atoms with van der Waals surface area (Å²) in [5, 5.41) is 2.52. The molecule has 122 valence electrons. The Morgan fingerprint density at radius 3 is 2.43 bits per heavy atom. The van der Waals surface area contributed by atoms with Crippen molar-refractivity contribution in [2.75, 3.05) is 13.2 Å². The first kappa shape index (κ1) is 19.5. The predicted molar refractivity (Wildman–Crippen MR) is 83.0 cm³/mol. The summed E-state index contributed by atoms with van der Waals surface area (Å²) in [4.78, 5) is 23.6. The van der Waals surface area contributed by atoms with Gasteiger partial charge < -0.3 is 14.8 Å². The standard InChI is InChI=1S/C16H29NO4/c1-6-8-9-11-20-14(18)13(10-7-2)17-15(19)21-12-16(3,4)5/h7,13H,2,6,8-12H2,1,3-5H3,(H,17,19). The number of hydrogen-bond acceptors (Lipinski definition) is 4. The second-order valence-electron chi connectivity index (χ2n) is 6.23. The van der Waals surface area contributed by atoms with Gasteiger partial charge in [0.05, 0.1) is 13.2 Å². The number of hydrogen-bond donors (Lipinski definition) is 1. The minimum atomic E-state index is -0.739. The normalized spacial score (nSPS) is 12.4. The number of ether oxygens (including phenoxy) is 2. The highest BCUT2D eigenvalue weighted by Gasteiger charge is 2.22. The van der Waals surface area contributed by atoms with Crippen molar-refractivity contribution in [3.63, 3.8) is 0 Å². The summed E-state index contributed by atoms with van der Waals surface area (Å²) in [5.41, 5.74) is -0.119. The molecule has 1 unspecified atom stereocenters. The van der Waals surface area contributed by atoms with Crippen molar-refractivity contribution in [3.05, 3.63) is 12.7 Å². The lowest BCUT2D eigenvalue weighted by Crippen LogP contribution is -2.42. The molecule has 0 aliphatic rings. The zero-order valence-corrected chi connectivity index (χ0v) is 13.7. The van der Waals surface area contributed by atoms with E-state index in [0.717, 1.165) is 19.3 Å². The van der Waals surface area contributed by atoms with Crippen LogP contribution in [0.5, 0.6) is 0 Å². The molecule has 5 heteroatoms. The Balaban J connectivity index is 4.24. The van der Waals surface area contributed by atoms with E-state index >= 15 is 0 Å². The van der Waals surface area contributed by atoms with E-state index in [4.69, 9.17) is 9.47 Å². The highest BCUT2D eigenvalue weighted by Crippen LogP contribution is 2.13. The van der Waals surface area contributed by atoms with Crippen molar-refractivity contribution in [2.24, 2.45) is 5.41 Å². The van der Waals surface area contributed by atoms with Crippen molar-refractivity contribution >= 4 is 12.1 Å². The van der Waals surface area contributed by atoms with Gasteiger partial charge in [-0.05, 0) is 18.3 Å². The summed E-state index contributed by atoms with van der Waals surface area (Å²) in [5.74, 6) is -0.446. The van der Waals surface area contributed by atoms with E-state index in [1.54, 1.807) is 6.08 Å². The average Bonchev–Trinajstić information content (AvgIpc) is 2.40. The summed E-state index contributed by atoms with van der Waals surface area (Å²) < 4.78 is 10.2. The monoisotopic (exact) mass is 299 g/mol. The average molecular weight is 299 g/mol. The molecule has 0 fully saturated rings. The van der Waals surface area contributed by atoms with E-state index < -0.39 is 18.1 Å². The molecule has 0 saturated heterocycles. The van der Waals surface area contributed by atoms with Crippen LogP contribution in [0.4, 0.5) is 4.79 Å². The molecule has 0 aliphatic heterocycles. The molecular weight excluding hydrogens is 270 g/mol. The lowest BCUT2D eigenvalue weighted by atomic mass is 9.99. The fourth-order valence-corrected chi connectivity index (χ4v) is 1.47. The van der Waals surface area contributed by atoms with Crippen LogP contribution < -0.4 is 5.32 Å². The molecule has 21 heavy (non-hydrogen) atoms. The van der Waals surface area contributed by atoms with Crippen molar-refractivity contribution < 1.29 is 19.1 Å². The molecule has 1 amide bonds. The Kier molecular flexibility index (Phi) is 9.50. The van der Waals surface area contributed by atoms with Crippen LogP contribution in [0.3, 0.4) is 0 Å². The second-order valence-corrected chi connectivity index (χ2v) is 6.23. The van der Waals surface area contributed by atoms with Crippen LogP contribution in [-0.2, 0) is 14.3 Å². The van der Waals surface area contributed by atoms with Crippen molar-refractivity contribution in [3.8, 4) is 0 Å². The molecule has 0 aromatic heterocycles. The van der Waals surface area contributed by atoms with Crippen LogP contribution in [0, 0.1) is 5.41 Å². The molecule has 1 atom stereocenters. The molecule has 0 bridgehead atoms. The van der Waals surface area contributed by atoms with Gasteiger partial charge >= 0.3 is 12.1 Å². The summed E-state index contributed by atoms with van der Waals surface area (Å²) in [7, 11) is 0. The van der Waals surface area contributed by atoms with Crippen molar-refractivity contribution in [2.45, 2.75) is 59.4 Å². The summed E-state index contributed by atoms with van der Waals surface area (Å²) in [6.45, 7) is 12.2. The number of carbonyl (C=O) groups excluding carboxylic acids is 2. The highest BCUT2D eigenvalue weighted by atomic mass is 16.6. The predicted octanol–water partition coefficient (Wildman–Crippen LogP) is 3.44. The van der Waals surface area contributed by atoms with Crippen LogP contribution in [0.15, 0.2) is 12.7 Å². The molecule has 0 aromatic rings. The molecule has 0 radical (unpaired) electrons. The van der Waals surface area contributed by atoms with E-state index in [9.17, 15) is 9.59 Å². The number of nitrogens with one attached hydrogen (secondary N) is 1. The largest absolute Gasteiger partial charge is 0.464 e. The second kappa shape index (κ2) is 10.2. The smallest absolute Gasteiger partial charge is 0.407 e. The maximum Gasteiger partial charge on any atom is 0.407 e. The Morgan fingerprint density at radius 2 is 1.90 bits per heavy atom. The Hall–Kier alpha value is -1.52. The van der Waals surface area contributed by atoms with E-state index in [2.05, 4.69) is 18.8 Å². The Labute approximate surface area is 128 Å². The quantitative estimate of drug-likeness (QED) is 0.402. The first-order chi connectivity index (χ1) is 9.80. The maximum atomic E-state index is 11.9. The summed E-state index contributed by atoms with van der Waals surface area (Å²) >= 11 is 0. The topological polar surface area (TPSA) is 64.6 Å². The third kappa shape index (κ3) is 10.9. The number of unbranched alkanes of at least 4 members (excludes halogenated alkanes) is 2. The number of alkyl carbamates (subject to hydrolysis) is 1. The van der Waals surface area contributed by atoms with E-state index in [-0.39, 0.29) is 12.0 Å². The maximum absolute atomic E-state index is 11.9. The number of amides is 1. The van der Waals surface area contributed by atoms with Gasteiger partial charge in [-0.3, -0.25) is 0 Å². The van der Waals surface area contributed by atoms with Crippen LogP contribution in [0.2, 0.25) is 0 Å². The highest BCUT2D eigenvalue weighted by molar-refractivity contribution is 5.81. The minimum Gasteiger partial charge on any atom is -0.464 e. The van der Waals surface area contributed by atoms with Gasteiger partial charge in [-0.15, -0.1) is 6.58 Å². The van der Waals surface area contributed by atoms with Gasteiger partial charge in [0.1, 0.15) is 6.04 Å². The first-order valence-corrected chi connectivity index (χ1v) is 7.51. The number of rotatable bonds is 9. The third-order valence-corrected chi connectivity index (χ3v) is 2.61. The van der Waals surface area contributed by atoms with Crippen LogP contribution >= 0.6 is 0 Å². The number of esters is 1. The molecule has 0 saturated carbocycles. The van der Waals surface area contributed by atoms with Crippen LogP contribution in [-0.4, -0.2) is 31.3 Å². The number of carbonyl (C=O) groups is 2. The minimum absolute atomic E-state index is 0.119. The van der Waals surface area contributed by atoms with Gasteiger partial charge in [0.25, 0.3) is 0 Å². The lowest BCUT2D eigenvalue weighted by molar-refractivity contribution is -0.146. The van der Waals surface area contributed by atoms with Crippen molar-refractivity contribution in [1.29, 1.82) is 0 Å². The molecule has 0 aliphatic carbocycles. The Morgan fingerprint density at radius 1 is 1.24 bits per heavy atom. The lowest BCUT2D eigenvalue weighted by Gasteiger charge is -2.20. The van der Waals surface area contributed by atoms with Gasteiger partial charge in [0.2, 0.25) is 0 Å². The Bertz CT molecular complexity index is 334. The fourth-order valence-electron chi connectivity index (χ4n) is 1.47.